The van der Waals surface area contributed by atoms with E-state index in [1.165, 1.54) is 22.1 Å². The van der Waals surface area contributed by atoms with Gasteiger partial charge in [-0.3, -0.25) is 9.59 Å². The summed E-state index contributed by atoms with van der Waals surface area (Å²) in [7, 11) is -0.0863. The van der Waals surface area contributed by atoms with Gasteiger partial charge in [0.1, 0.15) is 0 Å². The number of likely N-dealkylation sites (tertiary alicyclic amines) is 1. The molecule has 7 nitrogen and oxygen atoms in total. The van der Waals surface area contributed by atoms with Crippen LogP contribution in [0.5, 0.6) is 0 Å². The van der Waals surface area contributed by atoms with Gasteiger partial charge in [0.05, 0.1) is 11.0 Å². The predicted molar refractivity (Wildman–Crippen MR) is 88.0 cm³/mol. The van der Waals surface area contributed by atoms with Crippen molar-refractivity contribution in [2.45, 2.75) is 11.7 Å². The Balaban J connectivity index is 1.87. The van der Waals surface area contributed by atoms with Crippen LogP contribution in [0.25, 0.3) is 0 Å². The van der Waals surface area contributed by atoms with E-state index in [-0.39, 0.29) is 36.7 Å². The summed E-state index contributed by atoms with van der Waals surface area (Å²) in [6.45, 7) is 0.212. The number of carbonyl (C=O) groups excluding carboxylic acids is 2. The third kappa shape index (κ3) is 3.24. The minimum atomic E-state index is -3.36. The van der Waals surface area contributed by atoms with Crippen molar-refractivity contribution in [3.8, 4) is 0 Å². The molecule has 2 amide bonds. The molecule has 136 valence electrons. The maximum Gasteiger partial charge on any atom is 0.254 e. The molecule has 0 N–H and O–H groups in total. The number of rotatable bonds is 2. The second-order valence-corrected chi connectivity index (χ2v) is 9.11. The Hall–Kier alpha value is -2.03. The summed E-state index contributed by atoms with van der Waals surface area (Å²) < 4.78 is 38.1. The zero-order chi connectivity index (χ0) is 18.4. The normalized spacial score (nSPS) is 27.6. The van der Waals surface area contributed by atoms with Gasteiger partial charge in [0.15, 0.2) is 9.84 Å². The monoisotopic (exact) mass is 369 g/mol. The largest absolute Gasteiger partial charge is 0.349 e. The molecule has 9 heteroatoms. The molecule has 3 rings (SSSR count). The second-order valence-electron chi connectivity index (χ2n) is 6.77. The van der Waals surface area contributed by atoms with E-state index in [0.29, 0.717) is 0 Å². The molecule has 1 aromatic heterocycles. The lowest BCUT2D eigenvalue weighted by atomic mass is 9.87. The predicted octanol–water partition coefficient (Wildman–Crippen LogP) is 0.184. The maximum atomic E-state index is 13.3. The zero-order valence-corrected chi connectivity index (χ0v) is 14.9. The van der Waals surface area contributed by atoms with Gasteiger partial charge < -0.3 is 9.80 Å². The Kier molecular flexibility index (Phi) is 4.52. The lowest BCUT2D eigenvalue weighted by Crippen LogP contribution is -2.46. The van der Waals surface area contributed by atoms with Crippen molar-refractivity contribution in [3.05, 3.63) is 29.8 Å². The number of aromatic nitrogens is 1. The van der Waals surface area contributed by atoms with Gasteiger partial charge in [-0.1, -0.05) is 0 Å². The van der Waals surface area contributed by atoms with Crippen LogP contribution < -0.4 is 0 Å². The van der Waals surface area contributed by atoms with Gasteiger partial charge in [0.25, 0.3) is 5.91 Å². The Bertz CT molecular complexity index is 811. The smallest absolute Gasteiger partial charge is 0.254 e. The van der Waals surface area contributed by atoms with E-state index < -0.39 is 38.8 Å². The number of halogens is 1. The molecule has 0 bridgehead atoms. The van der Waals surface area contributed by atoms with Crippen LogP contribution in [0.3, 0.4) is 0 Å². The van der Waals surface area contributed by atoms with Gasteiger partial charge in [0.2, 0.25) is 11.9 Å². The van der Waals surface area contributed by atoms with Crippen LogP contribution in [0.15, 0.2) is 18.3 Å². The van der Waals surface area contributed by atoms with Crippen LogP contribution >= 0.6 is 0 Å². The first-order valence-corrected chi connectivity index (χ1v) is 9.76. The summed E-state index contributed by atoms with van der Waals surface area (Å²) in [5.74, 6) is -2.23. The van der Waals surface area contributed by atoms with Crippen molar-refractivity contribution >= 4 is 21.7 Å². The van der Waals surface area contributed by atoms with Gasteiger partial charge >= 0.3 is 0 Å². The van der Waals surface area contributed by atoms with Gasteiger partial charge in [-0.05, 0) is 12.5 Å². The molecule has 0 saturated carbocycles. The molecular formula is C16H20FN3O4S. The Morgan fingerprint density at radius 2 is 2.04 bits per heavy atom. The summed E-state index contributed by atoms with van der Waals surface area (Å²) in [5.41, 5.74) is 0.124. The quantitative estimate of drug-likeness (QED) is 0.694. The molecule has 25 heavy (non-hydrogen) atoms. The van der Waals surface area contributed by atoms with Crippen LogP contribution in [-0.4, -0.2) is 73.2 Å². The summed E-state index contributed by atoms with van der Waals surface area (Å²) in [6.07, 6.45) is 1.47. The van der Waals surface area contributed by atoms with E-state index >= 15 is 0 Å². The van der Waals surface area contributed by atoms with Crippen LogP contribution in [0, 0.1) is 17.8 Å². The average molecular weight is 369 g/mol. The zero-order valence-electron chi connectivity index (χ0n) is 14.1. The Morgan fingerprint density at radius 1 is 1.32 bits per heavy atom. The van der Waals surface area contributed by atoms with Crippen LogP contribution in [-0.2, 0) is 14.6 Å². The number of sulfone groups is 1. The van der Waals surface area contributed by atoms with Crippen LogP contribution in [0.1, 0.15) is 16.8 Å². The van der Waals surface area contributed by atoms with E-state index in [4.69, 9.17) is 0 Å². The van der Waals surface area contributed by atoms with E-state index in [2.05, 4.69) is 4.98 Å². The van der Waals surface area contributed by atoms with Crippen molar-refractivity contribution < 1.29 is 22.4 Å². The third-order valence-corrected chi connectivity index (χ3v) is 7.25. The van der Waals surface area contributed by atoms with E-state index in [1.807, 2.05) is 0 Å². The second kappa shape index (κ2) is 6.36. The summed E-state index contributed by atoms with van der Waals surface area (Å²) >= 11 is 0. The molecule has 2 fully saturated rings. The summed E-state index contributed by atoms with van der Waals surface area (Å²) in [6, 6.07) is 2.42. The third-order valence-electron chi connectivity index (χ3n) is 5.02. The highest BCUT2D eigenvalue weighted by Crippen LogP contribution is 2.38. The molecule has 0 unspecified atom stereocenters. The van der Waals surface area contributed by atoms with Gasteiger partial charge in [-0.25, -0.2) is 13.4 Å². The molecule has 2 saturated heterocycles. The number of fused-ring (bicyclic) bond motifs is 1. The SMILES string of the molecule is CN(C)C(=O)[C@H]1CCS(=O)(=O)[C@@H]2CN(C(=O)c3ccnc(F)c3)C[C@H]12. The molecule has 1 aromatic rings. The fourth-order valence-corrected chi connectivity index (χ4v) is 5.84. The van der Waals surface area contributed by atoms with Crippen molar-refractivity contribution in [2.75, 3.05) is 32.9 Å². The highest BCUT2D eigenvalue weighted by atomic mass is 32.2. The number of nitrogens with zero attached hydrogens (tertiary/aromatic N) is 3. The highest BCUT2D eigenvalue weighted by Gasteiger charge is 2.51. The van der Waals surface area contributed by atoms with Crippen LogP contribution in [0.2, 0.25) is 0 Å². The Labute approximate surface area is 145 Å². The van der Waals surface area contributed by atoms with E-state index in [9.17, 15) is 22.4 Å². The first kappa shape index (κ1) is 17.8. The Morgan fingerprint density at radius 3 is 2.68 bits per heavy atom. The highest BCUT2D eigenvalue weighted by molar-refractivity contribution is 7.92. The number of hydrogen-bond donors (Lipinski definition) is 0. The molecule has 0 aliphatic carbocycles. The van der Waals surface area contributed by atoms with Crippen molar-refractivity contribution in [2.24, 2.45) is 11.8 Å². The minimum Gasteiger partial charge on any atom is -0.349 e. The van der Waals surface area contributed by atoms with Gasteiger partial charge in [-0.15, -0.1) is 0 Å². The standard InChI is InChI=1S/C16H20FN3O4S/c1-19(2)16(22)11-4-6-25(23,24)13-9-20(8-12(11)13)15(21)10-3-5-18-14(17)7-10/h3,5,7,11-13H,4,6,8-9H2,1-2H3/t11-,12+,13+/m0/s1. The fourth-order valence-electron chi connectivity index (χ4n) is 3.74. The molecule has 3 heterocycles. The first-order chi connectivity index (χ1) is 11.7. The minimum absolute atomic E-state index is 0.0347. The summed E-state index contributed by atoms with van der Waals surface area (Å²) in [5, 5.41) is -0.745. The van der Waals surface area contributed by atoms with Crippen molar-refractivity contribution in [1.82, 2.24) is 14.8 Å². The number of carbonyl (C=O) groups is 2. The molecule has 2 aliphatic heterocycles. The molecule has 0 radical (unpaired) electrons. The summed E-state index contributed by atoms with van der Waals surface area (Å²) in [4.78, 5) is 31.3. The lowest BCUT2D eigenvalue weighted by Gasteiger charge is -2.33. The molecule has 0 spiro atoms. The molecule has 0 aromatic carbocycles. The van der Waals surface area contributed by atoms with E-state index in [1.54, 1.807) is 14.1 Å². The first-order valence-electron chi connectivity index (χ1n) is 8.04. The number of amides is 2. The topological polar surface area (TPSA) is 87.7 Å². The van der Waals surface area contributed by atoms with Crippen molar-refractivity contribution in [1.29, 1.82) is 0 Å². The van der Waals surface area contributed by atoms with Crippen molar-refractivity contribution in [3.63, 3.8) is 0 Å². The van der Waals surface area contributed by atoms with Gasteiger partial charge in [0, 0.05) is 56.8 Å². The number of hydrogen-bond acceptors (Lipinski definition) is 5. The lowest BCUT2D eigenvalue weighted by molar-refractivity contribution is -0.134. The van der Waals surface area contributed by atoms with E-state index in [0.717, 1.165) is 6.07 Å². The van der Waals surface area contributed by atoms with Gasteiger partial charge in [-0.2, -0.15) is 4.39 Å². The average Bonchev–Trinajstić information content (AvgIpc) is 3.00. The molecular weight excluding hydrogens is 349 g/mol. The van der Waals surface area contributed by atoms with Crippen LogP contribution in [0.4, 0.5) is 4.39 Å². The number of pyridine rings is 1. The fraction of sp³-hybridized carbons (Fsp3) is 0.562. The maximum absolute atomic E-state index is 13.3. The molecule has 2 aliphatic rings. The molecule has 3 atom stereocenters.